The van der Waals surface area contributed by atoms with Crippen molar-refractivity contribution in [3.63, 3.8) is 0 Å². The first-order valence-corrected chi connectivity index (χ1v) is 9.17. The lowest BCUT2D eigenvalue weighted by Gasteiger charge is -2.34. The quantitative estimate of drug-likeness (QED) is 0.549. The maximum atomic E-state index is 12.1. The first-order valence-electron chi connectivity index (χ1n) is 9.17. The molecule has 0 aliphatic heterocycles. The fourth-order valence-electron chi connectivity index (χ4n) is 3.10. The van der Waals surface area contributed by atoms with Crippen LogP contribution in [0, 0.1) is 0 Å². The van der Waals surface area contributed by atoms with E-state index in [4.69, 9.17) is 0 Å². The molecule has 2 rings (SSSR count). The van der Waals surface area contributed by atoms with Crippen molar-refractivity contribution in [1.29, 1.82) is 0 Å². The molecule has 2 aromatic carbocycles. The first kappa shape index (κ1) is 20.9. The summed E-state index contributed by atoms with van der Waals surface area (Å²) in [6, 6.07) is 19.2. The Hall–Kier alpha value is -3.36. The average Bonchev–Trinajstić information content (AvgIpc) is 2.76. The number of nitrogens with one attached hydrogen (secondary N) is 1. The molecule has 0 saturated heterocycles. The molecule has 2 aromatic rings. The van der Waals surface area contributed by atoms with Crippen molar-refractivity contribution >= 4 is 0 Å². The van der Waals surface area contributed by atoms with Gasteiger partial charge in [0.25, 0.3) is 0 Å². The minimum Gasteiger partial charge on any atom is -0.376 e. The van der Waals surface area contributed by atoms with Gasteiger partial charge in [-0.1, -0.05) is 105 Å². The van der Waals surface area contributed by atoms with E-state index < -0.39 is 5.60 Å². The zero-order chi connectivity index (χ0) is 20.4. The molecule has 142 valence electrons. The highest BCUT2D eigenvalue weighted by molar-refractivity contribution is 5.53. The normalized spacial score (nSPS) is 13.0. The monoisotopic (exact) mass is 369 g/mol. The van der Waals surface area contributed by atoms with Gasteiger partial charge in [-0.15, -0.1) is 0 Å². The fourth-order valence-corrected chi connectivity index (χ4v) is 3.10. The van der Waals surface area contributed by atoms with Crippen molar-refractivity contribution in [3.8, 4) is 0 Å². The van der Waals surface area contributed by atoms with E-state index in [9.17, 15) is 5.11 Å². The number of hydrogen-bond acceptors (Lipinski definition) is 2. The highest BCUT2D eigenvalue weighted by Crippen LogP contribution is 2.39. The fraction of sp³-hybridized carbons (Fsp3) is 0.0769. The average molecular weight is 370 g/mol. The van der Waals surface area contributed by atoms with Crippen LogP contribution in [0.15, 0.2) is 134 Å². The van der Waals surface area contributed by atoms with E-state index in [0.717, 1.165) is 22.5 Å². The van der Waals surface area contributed by atoms with E-state index in [1.165, 1.54) is 0 Å². The van der Waals surface area contributed by atoms with Crippen molar-refractivity contribution in [3.05, 3.63) is 145 Å². The molecule has 28 heavy (non-hydrogen) atoms. The Morgan fingerprint density at radius 3 is 1.75 bits per heavy atom. The zero-order valence-electron chi connectivity index (χ0n) is 16.3. The van der Waals surface area contributed by atoms with E-state index in [2.05, 4.69) is 25.1 Å². The van der Waals surface area contributed by atoms with Crippen LogP contribution >= 0.6 is 0 Å². The van der Waals surface area contributed by atoms with Crippen LogP contribution in [-0.2, 0) is 5.60 Å². The Kier molecular flexibility index (Phi) is 7.55. The molecule has 0 bridgehead atoms. The van der Waals surface area contributed by atoms with E-state index in [1.807, 2.05) is 85.8 Å². The van der Waals surface area contributed by atoms with E-state index in [1.54, 1.807) is 18.2 Å². The van der Waals surface area contributed by atoms with Crippen molar-refractivity contribution in [2.75, 3.05) is 0 Å². The highest BCUT2D eigenvalue weighted by atomic mass is 16.3. The van der Waals surface area contributed by atoms with Crippen molar-refractivity contribution in [2.24, 2.45) is 0 Å². The lowest BCUT2D eigenvalue weighted by Crippen LogP contribution is -2.33. The summed E-state index contributed by atoms with van der Waals surface area (Å²) in [4.78, 5) is 0. The molecule has 0 heterocycles. The SMILES string of the molecule is C=C/C=C(\C=C)NC(=C/C)/C(=C\C=C)C(O)(c1ccccc1)c1ccccc1. The molecule has 0 amide bonds. The number of hydrogen-bond donors (Lipinski definition) is 2. The topological polar surface area (TPSA) is 32.3 Å². The molecule has 0 atom stereocenters. The van der Waals surface area contributed by atoms with Crippen molar-refractivity contribution in [1.82, 2.24) is 5.32 Å². The van der Waals surface area contributed by atoms with Crippen LogP contribution in [0.1, 0.15) is 18.1 Å². The van der Waals surface area contributed by atoms with Crippen LogP contribution in [0.2, 0.25) is 0 Å². The van der Waals surface area contributed by atoms with Gasteiger partial charge >= 0.3 is 0 Å². The number of allylic oxidation sites excluding steroid dienone is 6. The Morgan fingerprint density at radius 1 is 0.857 bits per heavy atom. The van der Waals surface area contributed by atoms with E-state index in [0.29, 0.717) is 5.57 Å². The molecular weight excluding hydrogens is 342 g/mol. The predicted octanol–water partition coefficient (Wildman–Crippen LogP) is 5.78. The summed E-state index contributed by atoms with van der Waals surface area (Å²) in [5.74, 6) is 0. The standard InChI is InChI=1S/C26H27NO/c1-5-15-23(7-3)27-25(8-4)24(16-6-2)26(28,21-17-11-9-12-18-21)22-19-13-10-14-20-22/h5-20,27-28H,1-3H2,4H3/b23-15+,24-16+,25-8+. The van der Waals surface area contributed by atoms with Crippen LogP contribution in [-0.4, -0.2) is 5.11 Å². The predicted molar refractivity (Wildman–Crippen MR) is 120 cm³/mol. The molecule has 2 heteroatoms. The molecular formula is C26H27NO. The summed E-state index contributed by atoms with van der Waals surface area (Å²) in [6.07, 6.45) is 10.7. The number of aliphatic hydroxyl groups is 1. The number of rotatable bonds is 9. The Bertz CT molecular complexity index is 862. The van der Waals surface area contributed by atoms with Gasteiger partial charge in [-0.05, 0) is 30.2 Å². The third-order valence-electron chi connectivity index (χ3n) is 4.43. The summed E-state index contributed by atoms with van der Waals surface area (Å²) in [7, 11) is 0. The first-order chi connectivity index (χ1) is 13.6. The summed E-state index contributed by atoms with van der Waals surface area (Å²) < 4.78 is 0. The van der Waals surface area contributed by atoms with Crippen LogP contribution < -0.4 is 5.32 Å². The van der Waals surface area contributed by atoms with E-state index >= 15 is 0 Å². The van der Waals surface area contributed by atoms with Gasteiger partial charge in [0.05, 0.1) is 0 Å². The second-order valence-electron chi connectivity index (χ2n) is 6.15. The summed E-state index contributed by atoms with van der Waals surface area (Å²) in [5.41, 5.74) is 2.38. The summed E-state index contributed by atoms with van der Waals surface area (Å²) in [6.45, 7) is 13.4. The van der Waals surface area contributed by atoms with Gasteiger partial charge in [-0.3, -0.25) is 0 Å². The molecule has 0 spiro atoms. The van der Waals surface area contributed by atoms with Crippen LogP contribution in [0.25, 0.3) is 0 Å². The molecule has 0 fully saturated rings. The van der Waals surface area contributed by atoms with Crippen LogP contribution in [0.5, 0.6) is 0 Å². The maximum Gasteiger partial charge on any atom is 0.142 e. The molecule has 0 aliphatic rings. The minimum atomic E-state index is -1.37. The van der Waals surface area contributed by atoms with E-state index in [-0.39, 0.29) is 0 Å². The van der Waals surface area contributed by atoms with Crippen LogP contribution in [0.3, 0.4) is 0 Å². The second-order valence-corrected chi connectivity index (χ2v) is 6.15. The van der Waals surface area contributed by atoms with Crippen molar-refractivity contribution in [2.45, 2.75) is 12.5 Å². The summed E-state index contributed by atoms with van der Waals surface area (Å²) >= 11 is 0. The Labute approximate surface area is 168 Å². The molecule has 0 aliphatic carbocycles. The third kappa shape index (κ3) is 4.48. The van der Waals surface area contributed by atoms with Crippen LogP contribution in [0.4, 0.5) is 0 Å². The van der Waals surface area contributed by atoms with Gasteiger partial charge in [-0.25, -0.2) is 0 Å². The van der Waals surface area contributed by atoms with Gasteiger partial charge in [0.2, 0.25) is 0 Å². The van der Waals surface area contributed by atoms with Gasteiger partial charge in [0.1, 0.15) is 5.60 Å². The van der Waals surface area contributed by atoms with Crippen molar-refractivity contribution < 1.29 is 5.11 Å². The number of benzene rings is 2. The van der Waals surface area contributed by atoms with Gasteiger partial charge in [0, 0.05) is 17.0 Å². The van der Waals surface area contributed by atoms with Gasteiger partial charge in [-0.2, -0.15) is 0 Å². The highest BCUT2D eigenvalue weighted by Gasteiger charge is 2.37. The third-order valence-corrected chi connectivity index (χ3v) is 4.43. The molecule has 2 nitrogen and oxygen atoms in total. The second kappa shape index (κ2) is 10.1. The zero-order valence-corrected chi connectivity index (χ0v) is 16.3. The molecule has 0 aromatic heterocycles. The largest absolute Gasteiger partial charge is 0.376 e. The summed E-state index contributed by atoms with van der Waals surface area (Å²) in [5, 5.41) is 15.4. The molecule has 0 unspecified atom stereocenters. The lowest BCUT2D eigenvalue weighted by molar-refractivity contribution is 0.122. The maximum absolute atomic E-state index is 12.1. The molecule has 0 radical (unpaired) electrons. The van der Waals surface area contributed by atoms with Gasteiger partial charge in [0.15, 0.2) is 0 Å². The van der Waals surface area contributed by atoms with Gasteiger partial charge < -0.3 is 10.4 Å². The molecule has 0 saturated carbocycles. The lowest BCUT2D eigenvalue weighted by atomic mass is 9.78. The Morgan fingerprint density at radius 2 is 1.36 bits per heavy atom. The Balaban J connectivity index is 2.71. The molecule has 2 N–H and O–H groups in total. The minimum absolute atomic E-state index is 0.680. The smallest absolute Gasteiger partial charge is 0.142 e.